The Kier molecular flexibility index (Phi) is 5.97. The number of hydrogen-bond donors (Lipinski definition) is 1. The lowest BCUT2D eigenvalue weighted by Gasteiger charge is -2.26. The Bertz CT molecular complexity index is 971. The summed E-state index contributed by atoms with van der Waals surface area (Å²) in [6.45, 7) is 2.55. The summed E-state index contributed by atoms with van der Waals surface area (Å²) in [7, 11) is 5.67. The topological polar surface area (TPSA) is 74.3 Å². The molecule has 144 valence electrons. The highest BCUT2D eigenvalue weighted by atomic mass is 16.5. The largest absolute Gasteiger partial charge is 0.496 e. The number of rotatable bonds is 7. The van der Waals surface area contributed by atoms with E-state index in [1.165, 1.54) is 0 Å². The van der Waals surface area contributed by atoms with Crippen molar-refractivity contribution in [3.8, 4) is 23.3 Å². The van der Waals surface area contributed by atoms with Crippen LogP contribution in [0.1, 0.15) is 22.9 Å². The van der Waals surface area contributed by atoms with Crippen LogP contribution in [0.4, 0.5) is 5.88 Å². The first-order valence-corrected chi connectivity index (χ1v) is 9.04. The third-order valence-electron chi connectivity index (χ3n) is 4.61. The first kappa shape index (κ1) is 19.5. The van der Waals surface area contributed by atoms with Gasteiger partial charge in [0.15, 0.2) is 0 Å². The van der Waals surface area contributed by atoms with Crippen molar-refractivity contribution in [2.45, 2.75) is 13.0 Å². The van der Waals surface area contributed by atoms with Crippen LogP contribution >= 0.6 is 0 Å². The number of oxazole rings is 1. The SMILES string of the molecule is COc1ccccc1[C@@H](CNc1oc(-c2ccc(C)cc2)nc1C#N)N(C)C. The van der Waals surface area contributed by atoms with Crippen LogP contribution in [-0.2, 0) is 0 Å². The van der Waals surface area contributed by atoms with E-state index in [0.29, 0.717) is 18.3 Å². The Morgan fingerprint density at radius 3 is 2.54 bits per heavy atom. The number of nitrogens with zero attached hydrogens (tertiary/aromatic N) is 3. The molecular formula is C22H24N4O2. The third kappa shape index (κ3) is 4.16. The summed E-state index contributed by atoms with van der Waals surface area (Å²) in [5.74, 6) is 1.62. The Balaban J connectivity index is 1.84. The number of hydrogen-bond acceptors (Lipinski definition) is 6. The van der Waals surface area contributed by atoms with Gasteiger partial charge in [0.05, 0.1) is 13.2 Å². The maximum atomic E-state index is 9.45. The first-order valence-electron chi connectivity index (χ1n) is 9.04. The number of methoxy groups -OCH3 is 1. The molecular weight excluding hydrogens is 352 g/mol. The number of anilines is 1. The second-order valence-corrected chi connectivity index (χ2v) is 6.78. The van der Waals surface area contributed by atoms with Gasteiger partial charge < -0.3 is 19.4 Å². The fourth-order valence-corrected chi connectivity index (χ4v) is 3.04. The van der Waals surface area contributed by atoms with E-state index in [9.17, 15) is 5.26 Å². The standard InChI is InChI=1S/C22H24N4O2/c1-15-9-11-16(12-10-15)21-25-18(13-23)22(28-21)24-14-19(26(2)3)17-7-5-6-8-20(17)27-4/h5-12,19,24H,14H2,1-4H3/t19-/m1/s1. The van der Waals surface area contributed by atoms with Gasteiger partial charge in [0.1, 0.15) is 11.8 Å². The van der Waals surface area contributed by atoms with Gasteiger partial charge in [-0.05, 0) is 39.2 Å². The number of para-hydroxylation sites is 1. The molecule has 1 heterocycles. The maximum Gasteiger partial charge on any atom is 0.232 e. The number of nitriles is 1. The van der Waals surface area contributed by atoms with Gasteiger partial charge in [0.2, 0.25) is 17.5 Å². The Hall–Kier alpha value is -3.30. The van der Waals surface area contributed by atoms with Crippen LogP contribution in [0.2, 0.25) is 0 Å². The summed E-state index contributed by atoms with van der Waals surface area (Å²) in [5, 5.41) is 12.7. The van der Waals surface area contributed by atoms with Crippen molar-refractivity contribution in [2.24, 2.45) is 0 Å². The summed E-state index contributed by atoms with van der Waals surface area (Å²) in [4.78, 5) is 6.42. The van der Waals surface area contributed by atoms with Crippen LogP contribution in [0.5, 0.6) is 5.75 Å². The molecule has 0 radical (unpaired) electrons. The van der Waals surface area contributed by atoms with Gasteiger partial charge in [-0.15, -0.1) is 0 Å². The van der Waals surface area contributed by atoms with Crippen molar-refractivity contribution >= 4 is 5.88 Å². The van der Waals surface area contributed by atoms with Crippen LogP contribution in [0.15, 0.2) is 52.9 Å². The summed E-state index contributed by atoms with van der Waals surface area (Å²) < 4.78 is 11.4. The summed E-state index contributed by atoms with van der Waals surface area (Å²) in [5.41, 5.74) is 3.29. The monoisotopic (exact) mass is 376 g/mol. The highest BCUT2D eigenvalue weighted by Gasteiger charge is 2.21. The quantitative estimate of drug-likeness (QED) is 0.665. The normalized spacial score (nSPS) is 11.9. The summed E-state index contributed by atoms with van der Waals surface area (Å²) >= 11 is 0. The van der Waals surface area contributed by atoms with Gasteiger partial charge in [0.25, 0.3) is 0 Å². The summed E-state index contributed by atoms with van der Waals surface area (Å²) in [6, 6.07) is 17.9. The van der Waals surface area contributed by atoms with Gasteiger partial charge in [0, 0.05) is 17.7 Å². The van der Waals surface area contributed by atoms with Gasteiger partial charge in [-0.1, -0.05) is 35.9 Å². The van der Waals surface area contributed by atoms with Crippen molar-refractivity contribution < 1.29 is 9.15 Å². The molecule has 0 bridgehead atoms. The van der Waals surface area contributed by atoms with Gasteiger partial charge in [-0.3, -0.25) is 0 Å². The van der Waals surface area contributed by atoms with Crippen LogP contribution < -0.4 is 10.1 Å². The number of nitrogens with one attached hydrogen (secondary N) is 1. The van der Waals surface area contributed by atoms with E-state index in [1.54, 1.807) is 7.11 Å². The van der Waals surface area contributed by atoms with Crippen LogP contribution in [0.3, 0.4) is 0 Å². The zero-order valence-corrected chi connectivity index (χ0v) is 16.6. The van der Waals surface area contributed by atoms with Gasteiger partial charge in [-0.2, -0.15) is 10.2 Å². The molecule has 0 fully saturated rings. The molecule has 6 heteroatoms. The molecule has 0 saturated heterocycles. The Labute approximate surface area is 165 Å². The average molecular weight is 376 g/mol. The van der Waals surface area contributed by atoms with E-state index in [1.807, 2.05) is 69.6 Å². The molecule has 1 atom stereocenters. The average Bonchev–Trinajstić information content (AvgIpc) is 3.12. The lowest BCUT2D eigenvalue weighted by molar-refractivity contribution is 0.299. The molecule has 3 rings (SSSR count). The van der Waals surface area contributed by atoms with E-state index in [4.69, 9.17) is 9.15 Å². The highest BCUT2D eigenvalue weighted by molar-refractivity contribution is 5.59. The maximum absolute atomic E-state index is 9.45. The Morgan fingerprint density at radius 1 is 1.18 bits per heavy atom. The van der Waals surface area contributed by atoms with E-state index in [2.05, 4.69) is 21.3 Å². The van der Waals surface area contributed by atoms with Crippen LogP contribution in [-0.4, -0.2) is 37.6 Å². The van der Waals surface area contributed by atoms with Gasteiger partial charge in [-0.25, -0.2) is 0 Å². The highest BCUT2D eigenvalue weighted by Crippen LogP contribution is 2.30. The fourth-order valence-electron chi connectivity index (χ4n) is 3.04. The lowest BCUT2D eigenvalue weighted by atomic mass is 10.0. The predicted octanol–water partition coefficient (Wildman–Crippen LogP) is 4.25. The molecule has 0 amide bonds. The van der Waals surface area contributed by atoms with E-state index in [0.717, 1.165) is 22.4 Å². The number of aryl methyl sites for hydroxylation is 1. The second-order valence-electron chi connectivity index (χ2n) is 6.78. The van der Waals surface area contributed by atoms with Crippen molar-refractivity contribution in [1.29, 1.82) is 5.26 Å². The number of likely N-dealkylation sites (N-methyl/N-ethyl adjacent to an activating group) is 1. The fraction of sp³-hybridized carbons (Fsp3) is 0.273. The molecule has 3 aromatic rings. The molecule has 0 aliphatic heterocycles. The third-order valence-corrected chi connectivity index (χ3v) is 4.61. The lowest BCUT2D eigenvalue weighted by Crippen LogP contribution is -2.27. The van der Waals surface area contributed by atoms with Crippen molar-refractivity contribution in [3.05, 3.63) is 65.4 Å². The zero-order valence-electron chi connectivity index (χ0n) is 16.6. The molecule has 0 spiro atoms. The molecule has 0 unspecified atom stereocenters. The van der Waals surface area contributed by atoms with Crippen molar-refractivity contribution in [2.75, 3.05) is 33.1 Å². The van der Waals surface area contributed by atoms with Crippen molar-refractivity contribution in [3.63, 3.8) is 0 Å². The first-order chi connectivity index (χ1) is 13.5. The molecule has 0 saturated carbocycles. The minimum Gasteiger partial charge on any atom is -0.496 e. The zero-order chi connectivity index (χ0) is 20.1. The predicted molar refractivity (Wildman–Crippen MR) is 109 cm³/mol. The Morgan fingerprint density at radius 2 is 1.89 bits per heavy atom. The molecule has 1 aromatic heterocycles. The number of ether oxygens (including phenoxy) is 1. The minimum absolute atomic E-state index is 0.0237. The van der Waals surface area contributed by atoms with Crippen LogP contribution in [0, 0.1) is 18.3 Å². The molecule has 0 aliphatic carbocycles. The number of aromatic nitrogens is 1. The number of benzene rings is 2. The molecule has 1 N–H and O–H groups in total. The van der Waals surface area contributed by atoms with Gasteiger partial charge >= 0.3 is 0 Å². The summed E-state index contributed by atoms with van der Waals surface area (Å²) in [6.07, 6.45) is 0. The second kappa shape index (κ2) is 8.59. The molecule has 6 nitrogen and oxygen atoms in total. The van der Waals surface area contributed by atoms with E-state index in [-0.39, 0.29) is 11.7 Å². The minimum atomic E-state index is 0.0237. The smallest absolute Gasteiger partial charge is 0.232 e. The van der Waals surface area contributed by atoms with E-state index >= 15 is 0 Å². The molecule has 0 aliphatic rings. The van der Waals surface area contributed by atoms with Crippen LogP contribution in [0.25, 0.3) is 11.5 Å². The van der Waals surface area contributed by atoms with E-state index < -0.39 is 0 Å². The van der Waals surface area contributed by atoms with Crippen molar-refractivity contribution in [1.82, 2.24) is 9.88 Å². The molecule has 2 aromatic carbocycles. The molecule has 28 heavy (non-hydrogen) atoms.